The fraction of sp³-hybridized carbons (Fsp3) is 0.448. The monoisotopic (exact) mass is 772 g/mol. The van der Waals surface area contributed by atoms with Crippen molar-refractivity contribution in [3.05, 3.63) is 70.9 Å². The molecule has 0 aliphatic carbocycles. The molecule has 3 heterocycles. The molecule has 1 unspecified atom stereocenters. The number of hydrazine groups is 1. The Labute approximate surface area is 295 Å². The van der Waals surface area contributed by atoms with Crippen molar-refractivity contribution in [2.45, 2.75) is 24.3 Å². The van der Waals surface area contributed by atoms with Crippen LogP contribution in [0.2, 0.25) is 0 Å². The maximum Gasteiger partial charge on any atom is 0.416 e. The summed E-state index contributed by atoms with van der Waals surface area (Å²) in [6, 6.07) is 7.66. The van der Waals surface area contributed by atoms with E-state index >= 15 is 0 Å². The number of Topliss-reactive ketones (excluding diaryl/α,β-unsaturated/α-hetero) is 1. The van der Waals surface area contributed by atoms with Crippen molar-refractivity contribution < 1.29 is 63.3 Å². The van der Waals surface area contributed by atoms with E-state index in [0.29, 0.717) is 30.8 Å². The number of benzene rings is 2. The Hall–Kier alpha value is -3.24. The summed E-state index contributed by atoms with van der Waals surface area (Å²) in [5.41, 5.74) is -1.31. The minimum absolute atomic E-state index is 0. The van der Waals surface area contributed by atoms with E-state index in [0.717, 1.165) is 24.0 Å². The van der Waals surface area contributed by atoms with Crippen molar-refractivity contribution in [2.75, 3.05) is 59.9 Å². The van der Waals surface area contributed by atoms with E-state index < -0.39 is 46.4 Å². The second-order valence-electron chi connectivity index (χ2n) is 11.2. The fourth-order valence-corrected chi connectivity index (χ4v) is 5.76. The normalized spacial score (nSPS) is 18.4. The molecule has 21 heteroatoms. The van der Waals surface area contributed by atoms with Crippen LogP contribution in [0.1, 0.15) is 27.0 Å². The first-order valence-corrected chi connectivity index (χ1v) is 13.8. The van der Waals surface area contributed by atoms with E-state index in [-0.39, 0.29) is 84.3 Å². The molecule has 2 saturated heterocycles. The lowest BCUT2D eigenvalue weighted by molar-refractivity contribution is -0.143. The number of urea groups is 1. The lowest BCUT2D eigenvalue weighted by Crippen LogP contribution is -2.68. The van der Waals surface area contributed by atoms with Gasteiger partial charge in [0.1, 0.15) is 5.54 Å². The molecule has 288 valence electrons. The van der Waals surface area contributed by atoms with Crippen LogP contribution >= 0.6 is 24.8 Å². The summed E-state index contributed by atoms with van der Waals surface area (Å²) in [5, 5.41) is 2.51. The Morgan fingerprint density at radius 2 is 1.34 bits per heavy atom. The molecule has 0 spiro atoms. The second kappa shape index (κ2) is 19.4. The van der Waals surface area contributed by atoms with Gasteiger partial charge in [-0.2, -0.15) is 26.3 Å². The van der Waals surface area contributed by atoms with Gasteiger partial charge in [-0.05, 0) is 43.9 Å². The zero-order chi connectivity index (χ0) is 31.2. The number of aromatic nitrogens is 1. The number of H-pyrrole nitrogens is 1. The molecule has 3 aromatic rings. The number of halogens is 8. The Balaban J connectivity index is -0.00000316. The third-order valence-electron chi connectivity index (χ3n) is 8.36. The summed E-state index contributed by atoms with van der Waals surface area (Å²) in [7, 11) is 3.56. The van der Waals surface area contributed by atoms with Gasteiger partial charge in [0.2, 0.25) is 0 Å². The van der Waals surface area contributed by atoms with E-state index in [9.17, 15) is 35.9 Å². The van der Waals surface area contributed by atoms with Gasteiger partial charge in [-0.25, -0.2) is 9.80 Å². The minimum atomic E-state index is -5.12. The number of hydrogen-bond acceptors (Lipinski definition) is 5. The average Bonchev–Trinajstić information content (AvgIpc) is 3.36. The predicted octanol–water partition coefficient (Wildman–Crippen LogP) is 1.21. The van der Waals surface area contributed by atoms with Gasteiger partial charge in [0.25, 0.3) is 0 Å². The predicted molar refractivity (Wildman–Crippen MR) is 180 cm³/mol. The number of carbonyl (C=O) groups is 2. The van der Waals surface area contributed by atoms with Crippen LogP contribution in [0.3, 0.4) is 0 Å². The molecule has 2 aliphatic heterocycles. The van der Waals surface area contributed by atoms with E-state index in [4.69, 9.17) is 0 Å². The van der Waals surface area contributed by atoms with Gasteiger partial charge in [0.05, 0.1) is 11.1 Å². The molecule has 2 amide bonds. The van der Waals surface area contributed by atoms with E-state index in [2.05, 4.69) is 15.3 Å². The number of nitrogens with zero attached hydrogens (tertiary/aromatic N) is 4. The molecule has 5 rings (SSSR count). The highest BCUT2D eigenvalue weighted by atomic mass is 35.5. The van der Waals surface area contributed by atoms with Crippen LogP contribution < -0.4 is 5.43 Å². The number of rotatable bonds is 5. The molecule has 2 aliphatic rings. The zero-order valence-corrected chi connectivity index (χ0v) is 28.6. The molecular formula is C29H44Cl2F6N6O7. The molecule has 13 nitrogen and oxygen atoms in total. The Morgan fingerprint density at radius 3 is 1.88 bits per heavy atom. The number of nitrogens with one attached hydrogen (secondary N) is 2. The van der Waals surface area contributed by atoms with E-state index in [1.807, 2.05) is 25.2 Å². The number of carbonyl (C=O) groups excluding carboxylic acids is 2. The van der Waals surface area contributed by atoms with Crippen LogP contribution in [0.15, 0.2) is 48.7 Å². The summed E-state index contributed by atoms with van der Waals surface area (Å²) < 4.78 is 82.5. The van der Waals surface area contributed by atoms with Crippen LogP contribution in [0.25, 0.3) is 10.9 Å². The first-order chi connectivity index (χ1) is 20.2. The molecule has 50 heavy (non-hydrogen) atoms. The third-order valence-corrected chi connectivity index (χ3v) is 8.36. The van der Waals surface area contributed by atoms with Gasteiger partial charge < -0.3 is 42.2 Å². The number of hydrogen-bond donors (Lipinski definition) is 2. The zero-order valence-electron chi connectivity index (χ0n) is 27.0. The summed E-state index contributed by atoms with van der Waals surface area (Å²) >= 11 is 0. The van der Waals surface area contributed by atoms with Crippen molar-refractivity contribution in [2.24, 2.45) is 0 Å². The maximum atomic E-state index is 14.4. The Kier molecular flexibility index (Phi) is 19.8. The fourth-order valence-electron chi connectivity index (χ4n) is 5.76. The average molecular weight is 774 g/mol. The summed E-state index contributed by atoms with van der Waals surface area (Å²) in [6.45, 7) is 2.70. The van der Waals surface area contributed by atoms with Gasteiger partial charge in [0, 0.05) is 74.9 Å². The number of alkyl halides is 6. The lowest BCUT2D eigenvalue weighted by atomic mass is 9.79. The number of para-hydroxylation sites is 1. The topological polar surface area (TPSA) is 232 Å². The van der Waals surface area contributed by atoms with Crippen molar-refractivity contribution in [3.63, 3.8) is 0 Å². The summed E-state index contributed by atoms with van der Waals surface area (Å²) in [5.74, 6) is -0.936. The van der Waals surface area contributed by atoms with Crippen molar-refractivity contribution in [3.8, 4) is 0 Å². The number of fused-ring (bicyclic) bond motifs is 1. The number of aromatic amines is 1. The lowest BCUT2D eigenvalue weighted by Gasteiger charge is -2.48. The first-order valence-electron chi connectivity index (χ1n) is 13.8. The highest BCUT2D eigenvalue weighted by Crippen LogP contribution is 2.39. The van der Waals surface area contributed by atoms with Gasteiger partial charge in [-0.1, -0.05) is 18.2 Å². The largest absolute Gasteiger partial charge is 0.416 e. The highest BCUT2D eigenvalue weighted by Gasteiger charge is 2.49. The third kappa shape index (κ3) is 10.6. The minimum Gasteiger partial charge on any atom is -0.412 e. The summed E-state index contributed by atoms with van der Waals surface area (Å²) in [6.07, 6.45) is -8.63. The van der Waals surface area contributed by atoms with Gasteiger partial charge in [0.15, 0.2) is 5.78 Å². The molecule has 1 atom stereocenters. The molecule has 12 N–H and O–H groups in total. The summed E-state index contributed by atoms with van der Waals surface area (Å²) in [4.78, 5) is 36.0. The number of amides is 2. The highest BCUT2D eigenvalue weighted by molar-refractivity contribution is 6.05. The quantitative estimate of drug-likeness (QED) is 0.287. The molecule has 0 bridgehead atoms. The number of piperazine rings is 2. The van der Waals surface area contributed by atoms with Crippen LogP contribution in [-0.2, 0) is 18.8 Å². The van der Waals surface area contributed by atoms with Crippen LogP contribution in [-0.4, -0.2) is 129 Å². The number of ketones is 1. The SMILES string of the molecule is CN1CCN(NC(=O)N2CCN(C)C(Cc3c[nH]c4ccccc34)(C(=O)c3cc(C(F)(F)F)cc(C(F)(F)F)c3)C2)CC1.Cl.Cl.O.O.O.O.O. The Morgan fingerprint density at radius 1 is 0.800 bits per heavy atom. The standard InChI is InChI=1S/C29H32F6N6O2.2ClH.5H2O/c1-38-7-11-41(12-8-38)37-26(43)40-10-9-39(2)27(18-40,16-20-17-36-24-6-4-3-5-23(20)24)25(42)19-13-21(28(30,31)32)15-22(14-19)29(33,34)35;;;;;;;/h3-6,13-15,17,36H,7-12,16,18H2,1-2H3,(H,37,43);2*1H;5*1H2. The van der Waals surface area contributed by atoms with Gasteiger partial charge in [-0.15, -0.1) is 24.8 Å². The van der Waals surface area contributed by atoms with Crippen LogP contribution in [0, 0.1) is 0 Å². The number of likely N-dealkylation sites (N-methyl/N-ethyl adjacent to an activating group) is 2. The van der Waals surface area contributed by atoms with Gasteiger partial charge in [-0.3, -0.25) is 15.1 Å². The molecular weight excluding hydrogens is 729 g/mol. The second-order valence-corrected chi connectivity index (χ2v) is 11.2. The van der Waals surface area contributed by atoms with E-state index in [1.165, 1.54) is 4.90 Å². The van der Waals surface area contributed by atoms with E-state index in [1.54, 1.807) is 29.2 Å². The Bertz CT molecular complexity index is 1490. The molecule has 2 fully saturated rings. The molecule has 0 saturated carbocycles. The molecule has 2 aromatic carbocycles. The first kappa shape index (κ1) is 51.1. The molecule has 1 aromatic heterocycles. The van der Waals surface area contributed by atoms with Crippen molar-refractivity contribution >= 4 is 47.5 Å². The van der Waals surface area contributed by atoms with Crippen LogP contribution in [0.5, 0.6) is 0 Å². The van der Waals surface area contributed by atoms with Crippen molar-refractivity contribution in [1.82, 2.24) is 30.1 Å². The smallest absolute Gasteiger partial charge is 0.412 e. The maximum absolute atomic E-state index is 14.4. The van der Waals surface area contributed by atoms with Crippen LogP contribution in [0.4, 0.5) is 31.1 Å². The van der Waals surface area contributed by atoms with Gasteiger partial charge >= 0.3 is 18.4 Å². The van der Waals surface area contributed by atoms with Crippen molar-refractivity contribution in [1.29, 1.82) is 0 Å². The molecule has 0 radical (unpaired) electrons.